The summed E-state index contributed by atoms with van der Waals surface area (Å²) in [5, 5.41) is 8.34. The van der Waals surface area contributed by atoms with E-state index in [0.29, 0.717) is 12.0 Å². The van der Waals surface area contributed by atoms with Crippen LogP contribution in [0.3, 0.4) is 0 Å². The number of aryl methyl sites for hydroxylation is 1. The molecule has 11 heavy (non-hydrogen) atoms. The van der Waals surface area contributed by atoms with Crippen LogP contribution in [0.2, 0.25) is 0 Å². The molecule has 0 bridgehead atoms. The number of nitriles is 1. The van der Waals surface area contributed by atoms with Crippen molar-refractivity contribution in [3.63, 3.8) is 0 Å². The molecule has 0 aliphatic carbocycles. The van der Waals surface area contributed by atoms with Crippen LogP contribution >= 0.6 is 0 Å². The quantitative estimate of drug-likeness (QED) is 0.638. The van der Waals surface area contributed by atoms with Gasteiger partial charge in [0.15, 0.2) is 0 Å². The van der Waals surface area contributed by atoms with Crippen LogP contribution in [0, 0.1) is 18.3 Å². The molecule has 1 aromatic heterocycles. The van der Waals surface area contributed by atoms with E-state index < -0.39 is 0 Å². The van der Waals surface area contributed by atoms with E-state index in [1.807, 2.05) is 6.07 Å². The molecule has 0 fully saturated rings. The van der Waals surface area contributed by atoms with Crippen LogP contribution in [-0.2, 0) is 6.42 Å². The van der Waals surface area contributed by atoms with Crippen molar-refractivity contribution < 1.29 is 0 Å². The monoisotopic (exact) mass is 148 g/mol. The van der Waals surface area contributed by atoms with Crippen LogP contribution in [0.4, 0.5) is 0 Å². The highest BCUT2D eigenvalue weighted by Crippen LogP contribution is 1.96. The van der Waals surface area contributed by atoms with Gasteiger partial charge in [-0.2, -0.15) is 5.26 Å². The summed E-state index contributed by atoms with van der Waals surface area (Å²) in [7, 11) is 0. The first-order valence-electron chi connectivity index (χ1n) is 3.29. The van der Waals surface area contributed by atoms with E-state index >= 15 is 0 Å². The van der Waals surface area contributed by atoms with Gasteiger partial charge in [0.25, 0.3) is 5.56 Å². The second kappa shape index (κ2) is 3.02. The molecule has 0 unspecified atom stereocenters. The van der Waals surface area contributed by atoms with Gasteiger partial charge < -0.3 is 4.98 Å². The minimum absolute atomic E-state index is 0.0910. The predicted octanol–water partition coefficient (Wildman–Crippen LogP) is 0.749. The molecule has 3 heteroatoms. The third-order valence-electron chi connectivity index (χ3n) is 1.43. The maximum absolute atomic E-state index is 10.8. The molecule has 0 saturated carbocycles. The lowest BCUT2D eigenvalue weighted by molar-refractivity contribution is 1.11. The van der Waals surface area contributed by atoms with Gasteiger partial charge in [0.2, 0.25) is 0 Å². The van der Waals surface area contributed by atoms with E-state index in [0.717, 1.165) is 5.56 Å². The van der Waals surface area contributed by atoms with E-state index in [9.17, 15) is 4.79 Å². The number of hydrogen-bond donors (Lipinski definition) is 1. The second-order valence-electron chi connectivity index (χ2n) is 2.35. The molecule has 0 radical (unpaired) electrons. The van der Waals surface area contributed by atoms with Gasteiger partial charge in [-0.25, -0.2) is 0 Å². The Hall–Kier alpha value is -1.56. The molecule has 1 heterocycles. The third-order valence-corrected chi connectivity index (χ3v) is 1.43. The van der Waals surface area contributed by atoms with Crippen molar-refractivity contribution in [3.05, 3.63) is 33.7 Å². The molecule has 0 atom stereocenters. The fourth-order valence-electron chi connectivity index (χ4n) is 0.851. The number of aromatic amines is 1. The van der Waals surface area contributed by atoms with Crippen molar-refractivity contribution in [2.45, 2.75) is 13.3 Å². The first-order chi connectivity index (χ1) is 5.24. The smallest absolute Gasteiger partial charge is 0.250 e. The number of H-pyrrole nitrogens is 1. The highest BCUT2D eigenvalue weighted by Gasteiger charge is 1.94. The molecule has 0 aromatic carbocycles. The van der Waals surface area contributed by atoms with E-state index in [2.05, 4.69) is 4.98 Å². The maximum Gasteiger partial charge on any atom is 0.250 e. The Kier molecular flexibility index (Phi) is 2.07. The van der Waals surface area contributed by atoms with Gasteiger partial charge in [-0.05, 0) is 18.6 Å². The van der Waals surface area contributed by atoms with Gasteiger partial charge in [0.05, 0.1) is 12.5 Å². The fraction of sp³-hybridized carbons (Fsp3) is 0.250. The molecule has 56 valence electrons. The van der Waals surface area contributed by atoms with Gasteiger partial charge >= 0.3 is 0 Å². The number of nitrogens with one attached hydrogen (secondary N) is 1. The Balaban J connectivity index is 3.07. The lowest BCUT2D eigenvalue weighted by atomic mass is 10.2. The predicted molar refractivity (Wildman–Crippen MR) is 41.1 cm³/mol. The summed E-state index contributed by atoms with van der Waals surface area (Å²) in [5.41, 5.74) is 1.41. The zero-order valence-corrected chi connectivity index (χ0v) is 6.22. The minimum atomic E-state index is -0.0910. The van der Waals surface area contributed by atoms with Crippen molar-refractivity contribution in [2.75, 3.05) is 0 Å². The number of pyridine rings is 1. The van der Waals surface area contributed by atoms with Crippen molar-refractivity contribution in [3.8, 4) is 6.07 Å². The summed E-state index contributed by atoms with van der Waals surface area (Å²) in [6, 6.07) is 3.73. The average Bonchev–Trinajstić information content (AvgIpc) is 1.98. The van der Waals surface area contributed by atoms with Gasteiger partial charge in [-0.1, -0.05) is 0 Å². The zero-order chi connectivity index (χ0) is 8.27. The third kappa shape index (κ3) is 1.68. The molecule has 0 spiro atoms. The normalized spacial score (nSPS) is 9.09. The summed E-state index contributed by atoms with van der Waals surface area (Å²) in [5.74, 6) is 0. The van der Waals surface area contributed by atoms with Gasteiger partial charge in [0, 0.05) is 11.8 Å². The van der Waals surface area contributed by atoms with E-state index in [1.54, 1.807) is 19.2 Å². The van der Waals surface area contributed by atoms with E-state index in [1.165, 1.54) is 0 Å². The molecule has 1 aromatic rings. The highest BCUT2D eigenvalue weighted by molar-refractivity contribution is 5.19. The van der Waals surface area contributed by atoms with Crippen LogP contribution in [0.15, 0.2) is 17.1 Å². The Morgan fingerprint density at radius 3 is 3.00 bits per heavy atom. The van der Waals surface area contributed by atoms with Gasteiger partial charge in [0.1, 0.15) is 0 Å². The molecule has 1 N–H and O–H groups in total. The molecular formula is C8H8N2O. The average molecular weight is 148 g/mol. The largest absolute Gasteiger partial charge is 0.329 e. The SMILES string of the molecule is Cc1cc(CC#N)c[nH]c1=O. The topological polar surface area (TPSA) is 56.6 Å². The van der Waals surface area contributed by atoms with Crippen LogP contribution in [0.5, 0.6) is 0 Å². The number of nitrogens with zero attached hydrogens (tertiary/aromatic N) is 1. The van der Waals surface area contributed by atoms with Crippen molar-refractivity contribution in [2.24, 2.45) is 0 Å². The van der Waals surface area contributed by atoms with E-state index in [-0.39, 0.29) is 5.56 Å². The van der Waals surface area contributed by atoms with Crippen LogP contribution < -0.4 is 5.56 Å². The standard InChI is InChI=1S/C8H8N2O/c1-6-4-7(2-3-9)5-10-8(6)11/h4-5H,2H2,1H3,(H,10,11). The highest BCUT2D eigenvalue weighted by atomic mass is 16.1. The van der Waals surface area contributed by atoms with Crippen molar-refractivity contribution in [1.82, 2.24) is 4.98 Å². The Morgan fingerprint density at radius 2 is 2.45 bits per heavy atom. The lowest BCUT2D eigenvalue weighted by Crippen LogP contribution is -2.08. The minimum Gasteiger partial charge on any atom is -0.329 e. The summed E-state index contributed by atoms with van der Waals surface area (Å²) in [6.45, 7) is 1.72. The first-order valence-corrected chi connectivity index (χ1v) is 3.29. The second-order valence-corrected chi connectivity index (χ2v) is 2.35. The Morgan fingerprint density at radius 1 is 1.73 bits per heavy atom. The van der Waals surface area contributed by atoms with Crippen LogP contribution in [-0.4, -0.2) is 4.98 Å². The number of hydrogen-bond acceptors (Lipinski definition) is 2. The number of aromatic nitrogens is 1. The fourth-order valence-corrected chi connectivity index (χ4v) is 0.851. The summed E-state index contributed by atoms with van der Waals surface area (Å²) in [6.07, 6.45) is 1.91. The first kappa shape index (κ1) is 7.55. The lowest BCUT2D eigenvalue weighted by Gasteiger charge is -1.94. The molecule has 0 saturated heterocycles. The van der Waals surface area contributed by atoms with Crippen LogP contribution in [0.25, 0.3) is 0 Å². The molecule has 0 aliphatic heterocycles. The number of rotatable bonds is 1. The summed E-state index contributed by atoms with van der Waals surface area (Å²) >= 11 is 0. The van der Waals surface area contributed by atoms with Crippen LogP contribution in [0.1, 0.15) is 11.1 Å². The Bertz CT molecular complexity index is 346. The molecule has 0 amide bonds. The van der Waals surface area contributed by atoms with E-state index in [4.69, 9.17) is 5.26 Å². The van der Waals surface area contributed by atoms with Gasteiger partial charge in [-0.3, -0.25) is 4.79 Å². The molecule has 1 rings (SSSR count). The molecule has 3 nitrogen and oxygen atoms in total. The molecule has 0 aliphatic rings. The van der Waals surface area contributed by atoms with Crippen molar-refractivity contribution >= 4 is 0 Å². The van der Waals surface area contributed by atoms with Gasteiger partial charge in [-0.15, -0.1) is 0 Å². The Labute approximate surface area is 64.3 Å². The summed E-state index contributed by atoms with van der Waals surface area (Å²) < 4.78 is 0. The zero-order valence-electron chi connectivity index (χ0n) is 6.22. The maximum atomic E-state index is 10.8. The summed E-state index contributed by atoms with van der Waals surface area (Å²) in [4.78, 5) is 13.4. The van der Waals surface area contributed by atoms with Crippen molar-refractivity contribution in [1.29, 1.82) is 5.26 Å². The molecular weight excluding hydrogens is 140 g/mol.